The summed E-state index contributed by atoms with van der Waals surface area (Å²) in [6.07, 6.45) is 0.336. The number of benzene rings is 2. The van der Waals surface area contributed by atoms with Crippen LogP contribution >= 0.6 is 0 Å². The van der Waals surface area contributed by atoms with Gasteiger partial charge in [0.05, 0.1) is 5.52 Å². The van der Waals surface area contributed by atoms with Gasteiger partial charge in [-0.3, -0.25) is 9.36 Å². The Morgan fingerprint density at radius 1 is 1.14 bits per heavy atom. The number of hydrogen-bond acceptors (Lipinski definition) is 3. The SMILES string of the molecule is Cc1ccc(CC(=O)c2ccc3c(c2)oc(=O)n3C)cc1. The first kappa shape index (κ1) is 13.4. The van der Waals surface area contributed by atoms with E-state index in [9.17, 15) is 9.59 Å². The van der Waals surface area contributed by atoms with Gasteiger partial charge in [-0.25, -0.2) is 4.79 Å². The first-order valence-corrected chi connectivity index (χ1v) is 6.73. The molecule has 0 N–H and O–H groups in total. The van der Waals surface area contributed by atoms with Crippen LogP contribution in [0.15, 0.2) is 51.7 Å². The van der Waals surface area contributed by atoms with E-state index in [1.807, 2.05) is 31.2 Å². The molecule has 106 valence electrons. The smallest absolute Gasteiger partial charge is 0.408 e. The molecule has 4 nitrogen and oxygen atoms in total. The minimum Gasteiger partial charge on any atom is -0.408 e. The molecule has 3 aromatic rings. The fourth-order valence-corrected chi connectivity index (χ4v) is 2.30. The molecule has 0 spiro atoms. The Morgan fingerprint density at radius 3 is 2.57 bits per heavy atom. The minimum atomic E-state index is -0.423. The first-order chi connectivity index (χ1) is 10.0. The van der Waals surface area contributed by atoms with Crippen LogP contribution < -0.4 is 5.76 Å². The number of fused-ring (bicyclic) bond motifs is 1. The van der Waals surface area contributed by atoms with Crippen LogP contribution in [-0.2, 0) is 13.5 Å². The van der Waals surface area contributed by atoms with Crippen molar-refractivity contribution in [3.63, 3.8) is 0 Å². The van der Waals surface area contributed by atoms with Crippen LogP contribution in [0.2, 0.25) is 0 Å². The third-order valence-electron chi connectivity index (χ3n) is 3.60. The Labute approximate surface area is 121 Å². The van der Waals surface area contributed by atoms with E-state index < -0.39 is 5.76 Å². The van der Waals surface area contributed by atoms with Crippen molar-refractivity contribution in [1.82, 2.24) is 4.57 Å². The van der Waals surface area contributed by atoms with Crippen LogP contribution in [0.25, 0.3) is 11.1 Å². The minimum absolute atomic E-state index is 0.00672. The molecule has 0 atom stereocenters. The highest BCUT2D eigenvalue weighted by Gasteiger charge is 2.11. The number of nitrogens with zero attached hydrogens (tertiary/aromatic N) is 1. The normalized spacial score (nSPS) is 11.0. The highest BCUT2D eigenvalue weighted by atomic mass is 16.4. The van der Waals surface area contributed by atoms with Crippen molar-refractivity contribution >= 4 is 16.9 Å². The maximum atomic E-state index is 12.3. The Balaban J connectivity index is 1.91. The molecule has 0 radical (unpaired) electrons. The standard InChI is InChI=1S/C17H15NO3/c1-11-3-5-12(6-4-11)9-15(19)13-7-8-14-16(10-13)21-17(20)18(14)2/h3-8,10H,9H2,1-2H3. The number of aromatic nitrogens is 1. The Morgan fingerprint density at radius 2 is 1.86 bits per heavy atom. The van der Waals surface area contributed by atoms with Crippen molar-refractivity contribution in [2.75, 3.05) is 0 Å². The molecule has 3 rings (SSSR count). The summed E-state index contributed by atoms with van der Waals surface area (Å²) in [4.78, 5) is 23.8. The van der Waals surface area contributed by atoms with E-state index in [2.05, 4.69) is 0 Å². The summed E-state index contributed by atoms with van der Waals surface area (Å²) in [5.74, 6) is -0.416. The van der Waals surface area contributed by atoms with Crippen molar-refractivity contribution in [1.29, 1.82) is 0 Å². The van der Waals surface area contributed by atoms with Crippen LogP contribution in [0.1, 0.15) is 21.5 Å². The van der Waals surface area contributed by atoms with E-state index in [1.165, 1.54) is 10.1 Å². The molecule has 0 aliphatic carbocycles. The fourth-order valence-electron chi connectivity index (χ4n) is 2.30. The summed E-state index contributed by atoms with van der Waals surface area (Å²) in [6, 6.07) is 13.0. The molecule has 0 aliphatic rings. The molecule has 0 saturated carbocycles. The van der Waals surface area contributed by atoms with E-state index in [-0.39, 0.29) is 5.78 Å². The van der Waals surface area contributed by atoms with E-state index in [0.29, 0.717) is 23.1 Å². The lowest BCUT2D eigenvalue weighted by Gasteiger charge is -2.02. The van der Waals surface area contributed by atoms with Crippen molar-refractivity contribution in [2.24, 2.45) is 7.05 Å². The fraction of sp³-hybridized carbons (Fsp3) is 0.176. The molecule has 1 aromatic heterocycles. The van der Waals surface area contributed by atoms with Gasteiger partial charge in [0.25, 0.3) is 0 Å². The predicted molar refractivity (Wildman–Crippen MR) is 80.7 cm³/mol. The van der Waals surface area contributed by atoms with Gasteiger partial charge in [-0.1, -0.05) is 29.8 Å². The second kappa shape index (κ2) is 5.05. The molecule has 0 amide bonds. The quantitative estimate of drug-likeness (QED) is 0.694. The van der Waals surface area contributed by atoms with Gasteiger partial charge >= 0.3 is 5.76 Å². The molecule has 0 aliphatic heterocycles. The average Bonchev–Trinajstić information content (AvgIpc) is 2.76. The van der Waals surface area contributed by atoms with Gasteiger partial charge in [0.15, 0.2) is 11.4 Å². The van der Waals surface area contributed by atoms with Crippen LogP contribution in [0.3, 0.4) is 0 Å². The molecule has 0 fully saturated rings. The Bertz CT molecular complexity index is 869. The van der Waals surface area contributed by atoms with Gasteiger partial charge in [-0.2, -0.15) is 0 Å². The lowest BCUT2D eigenvalue weighted by Crippen LogP contribution is -2.08. The maximum Gasteiger partial charge on any atom is 0.419 e. The van der Waals surface area contributed by atoms with Gasteiger partial charge in [-0.15, -0.1) is 0 Å². The highest BCUT2D eigenvalue weighted by Crippen LogP contribution is 2.16. The average molecular weight is 281 g/mol. The summed E-state index contributed by atoms with van der Waals surface area (Å²) in [5.41, 5.74) is 3.82. The lowest BCUT2D eigenvalue weighted by molar-refractivity contribution is 0.0993. The van der Waals surface area contributed by atoms with Gasteiger partial charge < -0.3 is 4.42 Å². The first-order valence-electron chi connectivity index (χ1n) is 6.73. The molecule has 0 bridgehead atoms. The van der Waals surface area contributed by atoms with Crippen LogP contribution in [0, 0.1) is 6.92 Å². The number of carbonyl (C=O) groups excluding carboxylic acids is 1. The highest BCUT2D eigenvalue weighted by molar-refractivity contribution is 5.99. The molecule has 1 heterocycles. The van der Waals surface area contributed by atoms with Gasteiger partial charge in [0.2, 0.25) is 0 Å². The molecule has 4 heteroatoms. The van der Waals surface area contributed by atoms with Crippen LogP contribution in [0.5, 0.6) is 0 Å². The third kappa shape index (κ3) is 2.52. The zero-order valence-electron chi connectivity index (χ0n) is 11.9. The molecule has 21 heavy (non-hydrogen) atoms. The number of ketones is 1. The largest absolute Gasteiger partial charge is 0.419 e. The van der Waals surface area contributed by atoms with E-state index in [1.54, 1.807) is 25.2 Å². The summed E-state index contributed by atoms with van der Waals surface area (Å²) in [5, 5.41) is 0. The van der Waals surface area contributed by atoms with Gasteiger partial charge in [0.1, 0.15) is 0 Å². The van der Waals surface area contributed by atoms with E-state index in [0.717, 1.165) is 5.56 Å². The summed E-state index contributed by atoms with van der Waals surface area (Å²) in [7, 11) is 1.64. The van der Waals surface area contributed by atoms with Gasteiger partial charge in [-0.05, 0) is 30.7 Å². The zero-order chi connectivity index (χ0) is 15.0. The Hall–Kier alpha value is -2.62. The topological polar surface area (TPSA) is 52.2 Å². The predicted octanol–water partition coefficient (Wildman–Crippen LogP) is 2.87. The molecule has 0 unspecified atom stereocenters. The Kier molecular flexibility index (Phi) is 3.22. The number of rotatable bonds is 3. The lowest BCUT2D eigenvalue weighted by atomic mass is 10.0. The monoisotopic (exact) mass is 281 g/mol. The molecule has 0 saturated heterocycles. The van der Waals surface area contributed by atoms with Crippen molar-refractivity contribution < 1.29 is 9.21 Å². The number of aryl methyl sites for hydroxylation is 2. The second-order valence-corrected chi connectivity index (χ2v) is 5.20. The van der Waals surface area contributed by atoms with Crippen molar-refractivity contribution in [3.8, 4) is 0 Å². The molecule has 2 aromatic carbocycles. The summed E-state index contributed by atoms with van der Waals surface area (Å²) in [6.45, 7) is 2.01. The van der Waals surface area contributed by atoms with E-state index in [4.69, 9.17) is 4.42 Å². The summed E-state index contributed by atoms with van der Waals surface area (Å²) >= 11 is 0. The van der Waals surface area contributed by atoms with Gasteiger partial charge in [0, 0.05) is 19.0 Å². The maximum absolute atomic E-state index is 12.3. The van der Waals surface area contributed by atoms with Crippen molar-refractivity contribution in [2.45, 2.75) is 13.3 Å². The number of Topliss-reactive ketones (excluding diaryl/α,β-unsaturated/α-hetero) is 1. The number of hydrogen-bond donors (Lipinski definition) is 0. The molecular weight excluding hydrogens is 266 g/mol. The van der Waals surface area contributed by atoms with Crippen LogP contribution in [-0.4, -0.2) is 10.4 Å². The van der Waals surface area contributed by atoms with E-state index >= 15 is 0 Å². The third-order valence-corrected chi connectivity index (χ3v) is 3.60. The molecular formula is C17H15NO3. The summed E-state index contributed by atoms with van der Waals surface area (Å²) < 4.78 is 6.53. The van der Waals surface area contributed by atoms with Crippen LogP contribution in [0.4, 0.5) is 0 Å². The number of oxazole rings is 1. The zero-order valence-corrected chi connectivity index (χ0v) is 11.9. The number of carbonyl (C=O) groups is 1. The van der Waals surface area contributed by atoms with Crippen molar-refractivity contribution in [3.05, 3.63) is 69.7 Å². The second-order valence-electron chi connectivity index (χ2n) is 5.20.